The summed E-state index contributed by atoms with van der Waals surface area (Å²) in [4.78, 5) is 2.21. The maximum Gasteiger partial charge on any atom is 0.277 e. The van der Waals surface area contributed by atoms with E-state index in [9.17, 15) is 5.11 Å². The number of nitrogens with zero attached hydrogens (tertiary/aromatic N) is 1. The Morgan fingerprint density at radius 1 is 1.26 bits per heavy atom. The molecule has 0 bridgehead atoms. The van der Waals surface area contributed by atoms with E-state index >= 15 is 0 Å². The molecular formula is C27H39NO3. The molecule has 1 saturated heterocycles. The summed E-state index contributed by atoms with van der Waals surface area (Å²) in [5.41, 5.74) is 4.38. The SMILES string of the molecule is C=C(OCC1CN1C)Oc1cc(CCCCC)cc(O)c1[C@@H]1C=C(C)CC[C@H]1C(=C)C. The van der Waals surface area contributed by atoms with E-state index in [-0.39, 0.29) is 17.8 Å². The van der Waals surface area contributed by atoms with Crippen LogP contribution >= 0.6 is 0 Å². The van der Waals surface area contributed by atoms with Gasteiger partial charge < -0.3 is 14.6 Å². The maximum absolute atomic E-state index is 11.1. The summed E-state index contributed by atoms with van der Waals surface area (Å²) < 4.78 is 11.9. The number of rotatable bonds is 11. The molecule has 3 rings (SSSR count). The van der Waals surface area contributed by atoms with Crippen LogP contribution in [0, 0.1) is 5.92 Å². The van der Waals surface area contributed by atoms with Crippen LogP contribution in [0.15, 0.2) is 48.5 Å². The van der Waals surface area contributed by atoms with Crippen LogP contribution in [0.25, 0.3) is 0 Å². The molecule has 0 amide bonds. The van der Waals surface area contributed by atoms with Crippen LogP contribution < -0.4 is 4.74 Å². The third kappa shape index (κ3) is 6.16. The molecule has 1 aliphatic carbocycles. The number of hydrogen-bond acceptors (Lipinski definition) is 4. The summed E-state index contributed by atoms with van der Waals surface area (Å²) in [5, 5.41) is 11.1. The summed E-state index contributed by atoms with van der Waals surface area (Å²) in [6, 6.07) is 4.41. The molecule has 1 N–H and O–H groups in total. The second kappa shape index (κ2) is 10.4. The molecule has 1 heterocycles. The number of aryl methyl sites for hydroxylation is 1. The van der Waals surface area contributed by atoms with Gasteiger partial charge in [-0.1, -0.05) is 43.6 Å². The molecule has 2 unspecified atom stereocenters. The van der Waals surface area contributed by atoms with Gasteiger partial charge in [0, 0.05) is 18.0 Å². The Balaban J connectivity index is 1.90. The van der Waals surface area contributed by atoms with Crippen molar-refractivity contribution in [2.45, 2.75) is 71.3 Å². The fourth-order valence-electron chi connectivity index (χ4n) is 4.52. The van der Waals surface area contributed by atoms with E-state index in [0.29, 0.717) is 24.1 Å². The van der Waals surface area contributed by atoms with Gasteiger partial charge in [0.05, 0.1) is 6.04 Å². The summed E-state index contributed by atoms with van der Waals surface area (Å²) in [5.74, 6) is 1.55. The van der Waals surface area contributed by atoms with Crippen LogP contribution in [-0.2, 0) is 11.2 Å². The molecule has 4 atom stereocenters. The molecule has 0 spiro atoms. The lowest BCUT2D eigenvalue weighted by Gasteiger charge is -2.32. The average Bonchev–Trinajstić information content (AvgIpc) is 3.41. The van der Waals surface area contributed by atoms with E-state index in [4.69, 9.17) is 9.47 Å². The van der Waals surface area contributed by atoms with Crippen LogP contribution in [0.1, 0.15) is 69.9 Å². The lowest BCUT2D eigenvalue weighted by Crippen LogP contribution is -2.18. The third-order valence-electron chi connectivity index (χ3n) is 6.61. The van der Waals surface area contributed by atoms with Crippen molar-refractivity contribution in [1.29, 1.82) is 0 Å². The van der Waals surface area contributed by atoms with Crippen LogP contribution in [-0.4, -0.2) is 36.2 Å². The highest BCUT2D eigenvalue weighted by atomic mass is 16.7. The molecule has 1 aliphatic heterocycles. The Morgan fingerprint density at radius 3 is 2.65 bits per heavy atom. The molecular weight excluding hydrogens is 386 g/mol. The number of ether oxygens (including phenoxy) is 2. The van der Waals surface area contributed by atoms with Gasteiger partial charge >= 0.3 is 0 Å². The van der Waals surface area contributed by atoms with E-state index < -0.39 is 0 Å². The fourth-order valence-corrected chi connectivity index (χ4v) is 4.52. The fraction of sp³-hybridized carbons (Fsp3) is 0.556. The van der Waals surface area contributed by atoms with Crippen molar-refractivity contribution in [3.05, 3.63) is 59.6 Å². The minimum absolute atomic E-state index is 0.0355. The second-order valence-corrected chi connectivity index (χ2v) is 9.39. The van der Waals surface area contributed by atoms with Crippen molar-refractivity contribution < 1.29 is 14.6 Å². The molecule has 0 aromatic heterocycles. The number of likely N-dealkylation sites (N-methyl/N-ethyl adjacent to an activating group) is 1. The standard InChI is InChI=1S/C27H39NO3/c1-7-8-9-10-21-14-25(29)27(24-13-19(4)11-12-23(24)18(2)3)26(15-21)31-20(5)30-17-22-16-28(22)6/h13-15,22-24,29H,2,5,7-12,16-17H2,1,3-4,6H3/t22?,23-,24+,28?/m0/s1. The number of aromatic hydroxyl groups is 1. The van der Waals surface area contributed by atoms with Gasteiger partial charge in [0.15, 0.2) is 0 Å². The number of benzene rings is 1. The van der Waals surface area contributed by atoms with Gasteiger partial charge in [-0.2, -0.15) is 0 Å². The topological polar surface area (TPSA) is 41.7 Å². The first-order chi connectivity index (χ1) is 14.8. The van der Waals surface area contributed by atoms with E-state index in [1.165, 1.54) is 18.4 Å². The lowest BCUT2D eigenvalue weighted by atomic mass is 9.73. The Labute approximate surface area is 188 Å². The van der Waals surface area contributed by atoms with Crippen molar-refractivity contribution in [2.75, 3.05) is 20.2 Å². The van der Waals surface area contributed by atoms with Gasteiger partial charge in [-0.25, -0.2) is 0 Å². The highest BCUT2D eigenvalue weighted by Gasteiger charge is 2.32. The van der Waals surface area contributed by atoms with Gasteiger partial charge in [-0.05, 0) is 76.8 Å². The van der Waals surface area contributed by atoms with Crippen molar-refractivity contribution in [3.8, 4) is 11.5 Å². The first-order valence-corrected chi connectivity index (χ1v) is 11.7. The van der Waals surface area contributed by atoms with E-state index in [0.717, 1.165) is 48.9 Å². The molecule has 31 heavy (non-hydrogen) atoms. The van der Waals surface area contributed by atoms with E-state index in [2.05, 4.69) is 58.0 Å². The Bertz CT molecular complexity index is 841. The van der Waals surface area contributed by atoms with Crippen LogP contribution in [0.5, 0.6) is 11.5 Å². The first-order valence-electron chi connectivity index (χ1n) is 11.7. The number of allylic oxidation sites excluding steroid dienone is 3. The monoisotopic (exact) mass is 425 g/mol. The third-order valence-corrected chi connectivity index (χ3v) is 6.61. The summed E-state index contributed by atoms with van der Waals surface area (Å²) >= 11 is 0. The quantitative estimate of drug-likeness (QED) is 0.195. The van der Waals surface area contributed by atoms with Crippen molar-refractivity contribution in [3.63, 3.8) is 0 Å². The lowest BCUT2D eigenvalue weighted by molar-refractivity contribution is 0.104. The molecule has 1 aromatic rings. The van der Waals surface area contributed by atoms with Crippen LogP contribution in [0.4, 0.5) is 0 Å². The van der Waals surface area contributed by atoms with Gasteiger partial charge in [-0.3, -0.25) is 4.90 Å². The first kappa shape index (κ1) is 23.5. The Morgan fingerprint density at radius 2 is 2.00 bits per heavy atom. The van der Waals surface area contributed by atoms with Gasteiger partial charge in [0.1, 0.15) is 18.1 Å². The predicted molar refractivity (Wildman–Crippen MR) is 128 cm³/mol. The molecule has 0 radical (unpaired) electrons. The minimum Gasteiger partial charge on any atom is -0.507 e. The highest BCUT2D eigenvalue weighted by Crippen LogP contribution is 2.47. The number of unbranched alkanes of at least 4 members (excludes halogenated alkanes) is 2. The zero-order valence-corrected chi connectivity index (χ0v) is 19.7. The largest absolute Gasteiger partial charge is 0.507 e. The Hall–Kier alpha value is -2.20. The zero-order chi connectivity index (χ0) is 22.5. The number of phenols is 1. The maximum atomic E-state index is 11.1. The molecule has 1 fully saturated rings. The predicted octanol–water partition coefficient (Wildman–Crippen LogP) is 6.32. The minimum atomic E-state index is 0.0355. The van der Waals surface area contributed by atoms with Crippen LogP contribution in [0.3, 0.4) is 0 Å². The summed E-state index contributed by atoms with van der Waals surface area (Å²) in [6.07, 6.45) is 8.71. The molecule has 4 heteroatoms. The highest BCUT2D eigenvalue weighted by molar-refractivity contribution is 5.53. The number of hydrogen-bond donors (Lipinski definition) is 1. The van der Waals surface area contributed by atoms with E-state index in [1.807, 2.05) is 6.07 Å². The smallest absolute Gasteiger partial charge is 0.277 e. The summed E-state index contributed by atoms with van der Waals surface area (Å²) in [6.45, 7) is 16.3. The van der Waals surface area contributed by atoms with Gasteiger partial charge in [0.25, 0.3) is 5.95 Å². The summed E-state index contributed by atoms with van der Waals surface area (Å²) in [7, 11) is 2.07. The average molecular weight is 426 g/mol. The van der Waals surface area contributed by atoms with Gasteiger partial charge in [-0.15, -0.1) is 0 Å². The van der Waals surface area contributed by atoms with Crippen molar-refractivity contribution in [2.24, 2.45) is 5.92 Å². The normalized spacial score (nSPS) is 25.0. The molecule has 1 aromatic carbocycles. The second-order valence-electron chi connectivity index (χ2n) is 9.39. The van der Waals surface area contributed by atoms with E-state index in [1.54, 1.807) is 0 Å². The molecule has 170 valence electrons. The molecule has 0 saturated carbocycles. The van der Waals surface area contributed by atoms with Gasteiger partial charge in [0.2, 0.25) is 0 Å². The van der Waals surface area contributed by atoms with Crippen molar-refractivity contribution >= 4 is 0 Å². The van der Waals surface area contributed by atoms with Crippen LogP contribution in [0.2, 0.25) is 0 Å². The zero-order valence-electron chi connectivity index (χ0n) is 19.7. The molecule has 4 nitrogen and oxygen atoms in total. The number of phenolic OH excluding ortho intramolecular Hbond substituents is 1. The van der Waals surface area contributed by atoms with Crippen molar-refractivity contribution in [1.82, 2.24) is 4.90 Å². The Kier molecular flexibility index (Phi) is 7.88. The molecule has 2 aliphatic rings.